The fourth-order valence-electron chi connectivity index (χ4n) is 3.58. The van der Waals surface area contributed by atoms with Crippen molar-refractivity contribution >= 4 is 71.0 Å². The molecule has 0 fully saturated rings. The number of rotatable bonds is 4. The van der Waals surface area contributed by atoms with Crippen LogP contribution in [-0.4, -0.2) is 15.8 Å². The Hall–Kier alpha value is -3.56. The van der Waals surface area contributed by atoms with E-state index in [0.29, 0.717) is 27.2 Å². The summed E-state index contributed by atoms with van der Waals surface area (Å²) in [7, 11) is 0. The molecule has 0 bridgehead atoms. The lowest BCUT2D eigenvalue weighted by atomic mass is 10.0. The molecule has 33 heavy (non-hydrogen) atoms. The lowest BCUT2D eigenvalue weighted by molar-refractivity contribution is -0.384. The first-order valence-electron chi connectivity index (χ1n) is 9.74. The second kappa shape index (κ2) is 8.42. The van der Waals surface area contributed by atoms with E-state index in [0.717, 1.165) is 20.8 Å². The first kappa shape index (κ1) is 21.3. The molecule has 0 radical (unpaired) electrons. The molecule has 0 saturated carbocycles. The van der Waals surface area contributed by atoms with Crippen LogP contribution in [0.1, 0.15) is 10.4 Å². The van der Waals surface area contributed by atoms with E-state index in [-0.39, 0.29) is 11.3 Å². The summed E-state index contributed by atoms with van der Waals surface area (Å²) in [6.07, 6.45) is 0. The van der Waals surface area contributed by atoms with E-state index in [4.69, 9.17) is 4.42 Å². The molecule has 1 heterocycles. The lowest BCUT2D eigenvalue weighted by Gasteiger charge is -2.06. The second-order valence-electron chi connectivity index (χ2n) is 7.22. The molecule has 4 aromatic carbocycles. The first-order valence-corrected chi connectivity index (χ1v) is 11.3. The standard InChI is InChI=1S/C24H13Br2N3O4/c25-19-6-2-3-15-16(19)4-1-5-17(15)24-28-21-11-13(7-10-22(21)33-24)27-23(30)18-12-14(29(31)32)8-9-20(18)26/h1-12H,(H,27,30). The maximum atomic E-state index is 12.7. The van der Waals surface area contributed by atoms with Crippen LogP contribution in [0.15, 0.2) is 86.2 Å². The summed E-state index contributed by atoms with van der Waals surface area (Å²) in [5.74, 6) is -0.00819. The van der Waals surface area contributed by atoms with Gasteiger partial charge in [0.15, 0.2) is 5.58 Å². The predicted octanol–water partition coefficient (Wildman–Crippen LogP) is 7.33. The Bertz CT molecular complexity index is 1580. The third-order valence-electron chi connectivity index (χ3n) is 5.15. The highest BCUT2D eigenvalue weighted by molar-refractivity contribution is 9.11. The molecule has 1 aromatic heterocycles. The summed E-state index contributed by atoms with van der Waals surface area (Å²) in [5, 5.41) is 15.9. The van der Waals surface area contributed by atoms with Crippen LogP contribution in [0.3, 0.4) is 0 Å². The van der Waals surface area contributed by atoms with Gasteiger partial charge in [-0.25, -0.2) is 4.98 Å². The van der Waals surface area contributed by atoms with Crippen molar-refractivity contribution in [3.8, 4) is 11.5 Å². The summed E-state index contributed by atoms with van der Waals surface area (Å²) in [5.41, 5.74) is 2.50. The number of hydrogen-bond acceptors (Lipinski definition) is 5. The van der Waals surface area contributed by atoms with Gasteiger partial charge in [0.05, 0.1) is 10.5 Å². The van der Waals surface area contributed by atoms with Crippen LogP contribution < -0.4 is 5.32 Å². The largest absolute Gasteiger partial charge is 0.436 e. The number of nitrogens with zero attached hydrogens (tertiary/aromatic N) is 2. The highest BCUT2D eigenvalue weighted by atomic mass is 79.9. The van der Waals surface area contributed by atoms with Gasteiger partial charge < -0.3 is 9.73 Å². The lowest BCUT2D eigenvalue weighted by Crippen LogP contribution is -2.12. The fraction of sp³-hybridized carbons (Fsp3) is 0. The first-order chi connectivity index (χ1) is 15.9. The minimum atomic E-state index is -0.544. The number of nitro groups is 1. The van der Waals surface area contributed by atoms with E-state index in [1.54, 1.807) is 18.2 Å². The Labute approximate surface area is 203 Å². The molecule has 0 unspecified atom stereocenters. The highest BCUT2D eigenvalue weighted by Gasteiger charge is 2.17. The molecule has 1 N–H and O–H groups in total. The van der Waals surface area contributed by atoms with E-state index in [9.17, 15) is 14.9 Å². The summed E-state index contributed by atoms with van der Waals surface area (Å²) >= 11 is 6.85. The molecule has 0 aliphatic heterocycles. The SMILES string of the molecule is O=C(Nc1ccc2oc(-c3cccc4c(Br)cccc34)nc2c1)c1cc([N+](=O)[O-])ccc1Br. The third-order valence-corrected chi connectivity index (χ3v) is 6.53. The van der Waals surface area contributed by atoms with Crippen molar-refractivity contribution in [3.05, 3.63) is 97.4 Å². The van der Waals surface area contributed by atoms with E-state index >= 15 is 0 Å². The molecule has 5 rings (SSSR count). The zero-order valence-corrected chi connectivity index (χ0v) is 19.9. The smallest absolute Gasteiger partial charge is 0.270 e. The molecule has 7 nitrogen and oxygen atoms in total. The fourth-order valence-corrected chi connectivity index (χ4v) is 4.50. The minimum absolute atomic E-state index is 0.159. The van der Waals surface area contributed by atoms with Crippen molar-refractivity contribution in [2.24, 2.45) is 0 Å². The number of halogens is 2. The summed E-state index contributed by atoms with van der Waals surface area (Å²) in [4.78, 5) is 27.9. The van der Waals surface area contributed by atoms with Gasteiger partial charge >= 0.3 is 0 Å². The van der Waals surface area contributed by atoms with Crippen molar-refractivity contribution in [2.45, 2.75) is 0 Å². The number of nitrogens with one attached hydrogen (secondary N) is 1. The number of aromatic nitrogens is 1. The molecule has 5 aromatic rings. The molecule has 0 aliphatic carbocycles. The molecule has 0 saturated heterocycles. The van der Waals surface area contributed by atoms with Gasteiger partial charge in [-0.15, -0.1) is 0 Å². The molecule has 0 aliphatic rings. The molecule has 1 amide bonds. The van der Waals surface area contributed by atoms with Crippen molar-refractivity contribution in [1.82, 2.24) is 4.98 Å². The maximum absolute atomic E-state index is 12.7. The van der Waals surface area contributed by atoms with Crippen LogP contribution in [0.25, 0.3) is 33.3 Å². The average Bonchev–Trinajstić information content (AvgIpc) is 3.22. The topological polar surface area (TPSA) is 98.3 Å². The number of hydrogen-bond donors (Lipinski definition) is 1. The van der Waals surface area contributed by atoms with Gasteiger partial charge in [-0.1, -0.05) is 40.2 Å². The van der Waals surface area contributed by atoms with Gasteiger partial charge in [0.2, 0.25) is 5.89 Å². The van der Waals surface area contributed by atoms with Gasteiger partial charge in [-0.2, -0.15) is 0 Å². The third kappa shape index (κ3) is 4.01. The number of nitro benzene ring substituents is 1. The van der Waals surface area contributed by atoms with Crippen LogP contribution in [-0.2, 0) is 0 Å². The number of non-ortho nitro benzene ring substituents is 1. The quantitative estimate of drug-likeness (QED) is 0.181. The number of anilines is 1. The van der Waals surface area contributed by atoms with E-state index in [1.807, 2.05) is 36.4 Å². The molecule has 0 spiro atoms. The average molecular weight is 567 g/mol. The van der Waals surface area contributed by atoms with Crippen molar-refractivity contribution in [2.75, 3.05) is 5.32 Å². The number of amides is 1. The van der Waals surface area contributed by atoms with E-state index < -0.39 is 10.8 Å². The van der Waals surface area contributed by atoms with E-state index in [2.05, 4.69) is 42.2 Å². The van der Waals surface area contributed by atoms with Crippen LogP contribution in [0.5, 0.6) is 0 Å². The van der Waals surface area contributed by atoms with Crippen LogP contribution in [0, 0.1) is 10.1 Å². The Morgan fingerprint density at radius 3 is 2.55 bits per heavy atom. The predicted molar refractivity (Wildman–Crippen MR) is 133 cm³/mol. The summed E-state index contributed by atoms with van der Waals surface area (Å²) < 4.78 is 7.42. The Morgan fingerprint density at radius 2 is 1.73 bits per heavy atom. The van der Waals surface area contributed by atoms with Gasteiger partial charge in [-0.3, -0.25) is 14.9 Å². The molecule has 162 valence electrons. The molecule has 9 heteroatoms. The van der Waals surface area contributed by atoms with E-state index in [1.165, 1.54) is 18.2 Å². The van der Waals surface area contributed by atoms with Crippen LogP contribution in [0.4, 0.5) is 11.4 Å². The van der Waals surface area contributed by atoms with Crippen LogP contribution in [0.2, 0.25) is 0 Å². The van der Waals surface area contributed by atoms with Crippen LogP contribution >= 0.6 is 31.9 Å². The van der Waals surface area contributed by atoms with Gasteiger partial charge in [0.25, 0.3) is 11.6 Å². The molecule has 0 atom stereocenters. The monoisotopic (exact) mass is 565 g/mol. The number of oxazole rings is 1. The van der Waals surface area contributed by atoms with Crippen molar-refractivity contribution in [1.29, 1.82) is 0 Å². The summed E-state index contributed by atoms with van der Waals surface area (Å²) in [6.45, 7) is 0. The summed E-state index contributed by atoms with van der Waals surface area (Å²) in [6, 6.07) is 21.0. The van der Waals surface area contributed by atoms with Crippen molar-refractivity contribution < 1.29 is 14.1 Å². The Kier molecular flexibility index (Phi) is 5.43. The highest BCUT2D eigenvalue weighted by Crippen LogP contribution is 2.34. The number of benzene rings is 4. The van der Waals surface area contributed by atoms with Gasteiger partial charge in [0, 0.05) is 32.3 Å². The minimum Gasteiger partial charge on any atom is -0.436 e. The maximum Gasteiger partial charge on any atom is 0.270 e. The normalized spacial score (nSPS) is 11.1. The van der Waals surface area contributed by atoms with Gasteiger partial charge in [0.1, 0.15) is 5.52 Å². The molecular formula is C24H13Br2N3O4. The van der Waals surface area contributed by atoms with Gasteiger partial charge in [-0.05, 0) is 63.1 Å². The number of carbonyl (C=O) groups excluding carboxylic acids is 1. The molecular weight excluding hydrogens is 554 g/mol. The van der Waals surface area contributed by atoms with Crippen molar-refractivity contribution in [3.63, 3.8) is 0 Å². The number of carbonyl (C=O) groups is 1. The number of fused-ring (bicyclic) bond motifs is 2. The zero-order valence-electron chi connectivity index (χ0n) is 16.7. The Balaban J connectivity index is 1.49. The Morgan fingerprint density at radius 1 is 0.939 bits per heavy atom. The zero-order chi connectivity index (χ0) is 23.1. The second-order valence-corrected chi connectivity index (χ2v) is 8.93.